The fourth-order valence-corrected chi connectivity index (χ4v) is 10.7. The number of carbonyl (C=O) groups excluding carboxylic acids is 5. The van der Waals surface area contributed by atoms with Crippen LogP contribution in [-0.4, -0.2) is 141 Å². The molecule has 17 heteroatoms. The maximum Gasteiger partial charge on any atom is 0.324 e. The molecule has 7 heterocycles. The van der Waals surface area contributed by atoms with Gasteiger partial charge in [0.2, 0.25) is 11.8 Å². The first-order valence-corrected chi connectivity index (χ1v) is 25.2. The molecule has 368 valence electrons. The Bertz CT molecular complexity index is 2680. The van der Waals surface area contributed by atoms with E-state index in [1.807, 2.05) is 32.2 Å². The molecule has 8 rings (SSSR count). The number of aryl methyl sites for hydroxylation is 1. The number of rotatable bonds is 9. The van der Waals surface area contributed by atoms with E-state index in [1.54, 1.807) is 32.2 Å². The topological polar surface area (TPSA) is 172 Å². The molecule has 0 aliphatic carbocycles. The van der Waals surface area contributed by atoms with Gasteiger partial charge in [0.1, 0.15) is 18.1 Å². The molecule has 4 aliphatic rings. The first kappa shape index (κ1) is 49.7. The second-order valence-electron chi connectivity index (χ2n) is 20.3. The molecule has 4 aliphatic heterocycles. The predicted octanol–water partition coefficient (Wildman–Crippen LogP) is 5.39. The average Bonchev–Trinajstić information content (AvgIpc) is 4.08. The minimum Gasteiger partial charge on any atom is -0.464 e. The molecule has 4 aromatic rings. The van der Waals surface area contributed by atoms with Gasteiger partial charge >= 0.3 is 5.97 Å². The van der Waals surface area contributed by atoms with Gasteiger partial charge in [-0.05, 0) is 102 Å². The third-order valence-corrected chi connectivity index (χ3v) is 15.3. The summed E-state index contributed by atoms with van der Waals surface area (Å²) in [6.45, 7) is 17.6. The number of likely N-dealkylation sites (tertiary alicyclic amines) is 2. The Morgan fingerprint density at radius 1 is 1.10 bits per heavy atom. The van der Waals surface area contributed by atoms with Crippen LogP contribution in [0.15, 0.2) is 41.9 Å². The van der Waals surface area contributed by atoms with E-state index < -0.39 is 52.8 Å². The summed E-state index contributed by atoms with van der Waals surface area (Å²) in [5, 5.41) is 8.02. The van der Waals surface area contributed by atoms with Gasteiger partial charge < -0.3 is 29.2 Å². The zero-order valence-electron chi connectivity index (χ0n) is 41.5. The lowest BCUT2D eigenvalue weighted by atomic mass is 9.84. The number of methoxy groups -OCH3 is 1. The summed E-state index contributed by atoms with van der Waals surface area (Å²) in [4.78, 5) is 84.7. The predicted molar refractivity (Wildman–Crippen MR) is 264 cm³/mol. The van der Waals surface area contributed by atoms with Crippen molar-refractivity contribution in [1.82, 2.24) is 45.0 Å². The SMILES string of the molecule is CCn1c(-c2cccnc2[C@H](C)OC)c2c3cc(ccc31)-c1csc(n1)C[C@H](NC(=O)[C@H](C)N(C)C(=O)[C@H]1CCN(C(=O)C#CC(C)(C)N3CCC3)C1)C(=O)N1CCC[C@H](N1)C(=O)OCC(C)(C)C2. The summed E-state index contributed by atoms with van der Waals surface area (Å²) in [5.74, 6) is 3.45. The molecule has 3 aromatic heterocycles. The van der Waals surface area contributed by atoms with Crippen molar-refractivity contribution in [3.63, 3.8) is 0 Å². The molecule has 16 nitrogen and oxygen atoms in total. The zero-order chi connectivity index (χ0) is 49.4. The number of carbonyl (C=O) groups is 5. The second kappa shape index (κ2) is 20.4. The number of amides is 4. The average molecular weight is 962 g/mol. The van der Waals surface area contributed by atoms with Crippen LogP contribution in [0.2, 0.25) is 0 Å². The normalized spacial score (nSPS) is 21.9. The fraction of sp³-hybridized carbons (Fsp3) is 0.558. The van der Waals surface area contributed by atoms with Crippen molar-refractivity contribution < 1.29 is 33.4 Å². The fourth-order valence-electron chi connectivity index (χ4n) is 9.90. The minimum atomic E-state index is -1.08. The molecule has 2 N–H and O–H groups in total. The summed E-state index contributed by atoms with van der Waals surface area (Å²) in [7, 11) is 3.26. The molecular weight excluding hydrogens is 895 g/mol. The number of esters is 1. The molecule has 0 saturated carbocycles. The Hall–Kier alpha value is -5.67. The number of nitrogens with zero attached hydrogens (tertiary/aromatic N) is 7. The number of likely N-dealkylation sites (N-methyl/N-ethyl adjacent to an activating group) is 1. The van der Waals surface area contributed by atoms with Gasteiger partial charge in [-0.25, -0.2) is 10.4 Å². The zero-order valence-corrected chi connectivity index (χ0v) is 42.3. The largest absolute Gasteiger partial charge is 0.464 e. The first-order valence-electron chi connectivity index (χ1n) is 24.4. The van der Waals surface area contributed by atoms with Gasteiger partial charge in [0.05, 0.1) is 46.3 Å². The van der Waals surface area contributed by atoms with Gasteiger partial charge in [0.15, 0.2) is 0 Å². The Kier molecular flexibility index (Phi) is 14.7. The number of hydrazine groups is 1. The van der Waals surface area contributed by atoms with Crippen LogP contribution in [0.25, 0.3) is 33.4 Å². The Labute approximate surface area is 409 Å². The van der Waals surface area contributed by atoms with E-state index in [9.17, 15) is 24.0 Å². The third-order valence-electron chi connectivity index (χ3n) is 14.4. The van der Waals surface area contributed by atoms with Crippen molar-refractivity contribution in [2.24, 2.45) is 11.3 Å². The van der Waals surface area contributed by atoms with Crippen molar-refractivity contribution in [1.29, 1.82) is 0 Å². The molecule has 1 aromatic carbocycles. The number of hydrogen-bond donors (Lipinski definition) is 2. The maximum atomic E-state index is 14.6. The minimum absolute atomic E-state index is 0.0712. The number of ether oxygens (including phenoxy) is 2. The van der Waals surface area contributed by atoms with E-state index in [2.05, 4.69) is 77.1 Å². The molecule has 4 amide bonds. The summed E-state index contributed by atoms with van der Waals surface area (Å²) in [6, 6.07) is 7.57. The Morgan fingerprint density at radius 2 is 1.88 bits per heavy atom. The van der Waals surface area contributed by atoms with Crippen LogP contribution in [0.1, 0.15) is 96.5 Å². The number of thiazole rings is 1. The lowest BCUT2D eigenvalue weighted by molar-refractivity contribution is -0.155. The van der Waals surface area contributed by atoms with Crippen molar-refractivity contribution in [3.8, 4) is 34.4 Å². The quantitative estimate of drug-likeness (QED) is 0.163. The van der Waals surface area contributed by atoms with Crippen LogP contribution in [0.5, 0.6) is 0 Å². The van der Waals surface area contributed by atoms with Crippen molar-refractivity contribution >= 4 is 51.8 Å². The number of pyridine rings is 1. The monoisotopic (exact) mass is 961 g/mol. The number of nitrogens with one attached hydrogen (secondary N) is 2. The molecule has 69 heavy (non-hydrogen) atoms. The maximum absolute atomic E-state index is 14.6. The lowest BCUT2D eigenvalue weighted by Gasteiger charge is -2.41. The van der Waals surface area contributed by atoms with Gasteiger partial charge in [-0.1, -0.05) is 25.8 Å². The summed E-state index contributed by atoms with van der Waals surface area (Å²) < 4.78 is 14.2. The summed E-state index contributed by atoms with van der Waals surface area (Å²) in [5.41, 5.74) is 8.83. The number of hydrogen-bond acceptors (Lipinski definition) is 12. The highest BCUT2D eigenvalue weighted by Gasteiger charge is 2.39. The molecule has 0 radical (unpaired) electrons. The van der Waals surface area contributed by atoms with E-state index in [0.717, 1.165) is 64.2 Å². The van der Waals surface area contributed by atoms with E-state index in [-0.39, 0.29) is 37.5 Å². The van der Waals surface area contributed by atoms with Gasteiger partial charge in [-0.2, -0.15) is 0 Å². The van der Waals surface area contributed by atoms with Crippen LogP contribution in [0, 0.1) is 23.2 Å². The molecule has 0 spiro atoms. The number of aromatic nitrogens is 3. The molecule has 3 fully saturated rings. The van der Waals surface area contributed by atoms with Crippen LogP contribution in [0.3, 0.4) is 0 Å². The van der Waals surface area contributed by atoms with Gasteiger partial charge in [-0.3, -0.25) is 38.9 Å². The first-order chi connectivity index (χ1) is 32.9. The van der Waals surface area contributed by atoms with Crippen molar-refractivity contribution in [3.05, 3.63) is 58.2 Å². The molecule has 5 atom stereocenters. The number of fused-ring (bicyclic) bond motifs is 6. The van der Waals surface area contributed by atoms with E-state index in [4.69, 9.17) is 19.4 Å². The smallest absolute Gasteiger partial charge is 0.324 e. The van der Waals surface area contributed by atoms with Crippen LogP contribution in [-0.2, 0) is 52.8 Å². The number of benzene rings is 1. The summed E-state index contributed by atoms with van der Waals surface area (Å²) >= 11 is 1.40. The highest BCUT2D eigenvalue weighted by molar-refractivity contribution is 7.10. The second-order valence-corrected chi connectivity index (χ2v) is 21.2. The van der Waals surface area contributed by atoms with Crippen LogP contribution in [0.4, 0.5) is 0 Å². The van der Waals surface area contributed by atoms with Gasteiger partial charge in [0.25, 0.3) is 11.8 Å². The van der Waals surface area contributed by atoms with Crippen LogP contribution >= 0.6 is 11.3 Å². The van der Waals surface area contributed by atoms with Crippen molar-refractivity contribution in [2.45, 2.75) is 123 Å². The molecule has 3 saturated heterocycles. The van der Waals surface area contributed by atoms with E-state index in [1.165, 1.54) is 21.2 Å². The highest BCUT2D eigenvalue weighted by Crippen LogP contribution is 2.42. The van der Waals surface area contributed by atoms with E-state index >= 15 is 0 Å². The van der Waals surface area contributed by atoms with Crippen molar-refractivity contribution in [2.75, 3.05) is 53.5 Å². The summed E-state index contributed by atoms with van der Waals surface area (Å²) in [6.07, 6.45) is 4.75. The lowest BCUT2D eigenvalue weighted by Crippen LogP contribution is -2.61. The molecule has 6 bridgehead atoms. The Balaban J connectivity index is 1.07. The highest BCUT2D eigenvalue weighted by atomic mass is 32.1. The molecular formula is C52H67N9O7S. The Morgan fingerprint density at radius 3 is 2.61 bits per heavy atom. The third kappa shape index (κ3) is 10.5. The van der Waals surface area contributed by atoms with E-state index in [0.29, 0.717) is 50.3 Å². The molecule has 0 unspecified atom stereocenters. The van der Waals surface area contributed by atoms with Gasteiger partial charge in [-0.15, -0.1) is 11.3 Å². The standard InChI is InChI=1S/C52H67N9O7S/c1-10-60-42-17-16-34-26-37(42)38(46(60)36-14-11-21-53-45(36)33(3)67-9)28-51(4,5)31-68-50(66)39-15-12-24-61(56-39)49(65)40(27-43-54-41(34)30-69-43)55-47(63)32(2)57(8)48(64)35-19-25-58(29-35)44(62)18-20-52(6,7)59-22-13-23-59/h11,14,16-17,21,26,30,32-33,35,39-40,56H,10,12-13,15,19,22-25,27-29,31H2,1-9H3,(H,55,63)/t32-,33-,35-,39-,40-/m0/s1. The van der Waals surface area contributed by atoms with Crippen LogP contribution < -0.4 is 10.7 Å². The number of cyclic esters (lactones) is 1. The van der Waals surface area contributed by atoms with Gasteiger partial charge in [0, 0.05) is 98.9 Å².